The largest absolute Gasteiger partial charge is 0.505 e. The van der Waals surface area contributed by atoms with Crippen molar-refractivity contribution in [2.24, 2.45) is 21.5 Å². The monoisotopic (exact) mass is 475 g/mol. The first-order valence-corrected chi connectivity index (χ1v) is 11.6. The Hall–Kier alpha value is -4.07. The lowest BCUT2D eigenvalue weighted by atomic mass is 10.1. The molecule has 0 unspecified atom stereocenters. The molecule has 1 atom stereocenters. The van der Waals surface area contributed by atoms with Crippen LogP contribution in [0.2, 0.25) is 0 Å². The number of carbonyl (C=O) groups excluding carboxylic acids is 1. The molecule has 0 aliphatic heterocycles. The fraction of sp³-hybridized carbons (Fsp3) is 0.296. The summed E-state index contributed by atoms with van der Waals surface area (Å²) in [5, 5.41) is 10.8. The molecule has 0 aliphatic carbocycles. The summed E-state index contributed by atoms with van der Waals surface area (Å²) in [6, 6.07) is 16.0. The number of nitrogens with zero attached hydrogens (tertiary/aromatic N) is 3. The maximum Gasteiger partial charge on any atom is 0.257 e. The third-order valence-corrected chi connectivity index (χ3v) is 5.67. The Balaban J connectivity index is 1.81. The van der Waals surface area contributed by atoms with E-state index >= 15 is 0 Å². The minimum Gasteiger partial charge on any atom is -0.505 e. The van der Waals surface area contributed by atoms with Crippen LogP contribution in [0.25, 0.3) is 0 Å². The third-order valence-electron chi connectivity index (χ3n) is 5.67. The summed E-state index contributed by atoms with van der Waals surface area (Å²) in [7, 11) is 1.67. The second kappa shape index (κ2) is 11.4. The second-order valence-corrected chi connectivity index (χ2v) is 8.69. The fourth-order valence-corrected chi connectivity index (χ4v) is 3.55. The van der Waals surface area contributed by atoms with Crippen LogP contribution in [0.4, 0.5) is 5.69 Å². The first-order chi connectivity index (χ1) is 16.7. The van der Waals surface area contributed by atoms with Gasteiger partial charge in [-0.2, -0.15) is 0 Å². The lowest BCUT2D eigenvalue weighted by molar-refractivity contribution is 0.0782. The van der Waals surface area contributed by atoms with E-state index in [1.165, 1.54) is 4.90 Å². The number of carbonyl (C=O) groups is 1. The van der Waals surface area contributed by atoms with Crippen molar-refractivity contribution in [3.8, 4) is 5.75 Å². The van der Waals surface area contributed by atoms with Gasteiger partial charge in [-0.05, 0) is 41.7 Å². The zero-order chi connectivity index (χ0) is 25.5. The molecule has 0 spiro atoms. The zero-order valence-corrected chi connectivity index (χ0v) is 20.6. The Morgan fingerprint density at radius 3 is 2.43 bits per heavy atom. The van der Waals surface area contributed by atoms with Crippen molar-refractivity contribution >= 4 is 23.3 Å². The van der Waals surface area contributed by atoms with Gasteiger partial charge < -0.3 is 25.9 Å². The minimum absolute atomic E-state index is 0.0247. The third kappa shape index (κ3) is 6.29. The number of aromatic hydroxyl groups is 1. The van der Waals surface area contributed by atoms with E-state index in [0.29, 0.717) is 24.6 Å². The molecule has 0 fully saturated rings. The van der Waals surface area contributed by atoms with Gasteiger partial charge in [-0.25, -0.2) is 4.99 Å². The molecule has 35 heavy (non-hydrogen) atoms. The number of rotatable bonds is 8. The lowest BCUT2D eigenvalue weighted by Gasteiger charge is -2.18. The van der Waals surface area contributed by atoms with Crippen molar-refractivity contribution in [1.29, 1.82) is 0 Å². The van der Waals surface area contributed by atoms with Crippen LogP contribution in [0.3, 0.4) is 0 Å². The van der Waals surface area contributed by atoms with Crippen LogP contribution in [0.1, 0.15) is 66.4 Å². The molecule has 0 saturated carbocycles. The van der Waals surface area contributed by atoms with Crippen LogP contribution in [0, 0.1) is 0 Å². The summed E-state index contributed by atoms with van der Waals surface area (Å²) >= 11 is 0. The number of para-hydroxylation sites is 1. The van der Waals surface area contributed by atoms with E-state index in [1.54, 1.807) is 31.5 Å². The highest BCUT2D eigenvalue weighted by atomic mass is 16.3. The van der Waals surface area contributed by atoms with Crippen LogP contribution in [0.5, 0.6) is 5.75 Å². The Kier molecular flexibility index (Phi) is 8.30. The van der Waals surface area contributed by atoms with E-state index in [0.717, 1.165) is 11.1 Å². The molecule has 0 saturated heterocycles. The van der Waals surface area contributed by atoms with Gasteiger partial charge in [0, 0.05) is 13.6 Å². The zero-order valence-electron chi connectivity index (χ0n) is 20.6. The Morgan fingerprint density at radius 2 is 1.80 bits per heavy atom. The van der Waals surface area contributed by atoms with Gasteiger partial charge in [0.2, 0.25) is 0 Å². The quantitative estimate of drug-likeness (QED) is 0.316. The molecular formula is C27H33N5O3. The van der Waals surface area contributed by atoms with Gasteiger partial charge in [0.1, 0.15) is 17.5 Å². The van der Waals surface area contributed by atoms with Gasteiger partial charge in [0.15, 0.2) is 17.4 Å². The second-order valence-electron chi connectivity index (χ2n) is 8.69. The number of hydrogen-bond donors (Lipinski definition) is 3. The Labute approximate surface area is 206 Å². The van der Waals surface area contributed by atoms with Gasteiger partial charge >= 0.3 is 0 Å². The average molecular weight is 476 g/mol. The smallest absolute Gasteiger partial charge is 0.257 e. The average Bonchev–Trinajstić information content (AvgIpc) is 3.34. The Morgan fingerprint density at radius 1 is 1.09 bits per heavy atom. The highest BCUT2D eigenvalue weighted by molar-refractivity contribution is 6.39. The van der Waals surface area contributed by atoms with Crippen molar-refractivity contribution in [3.05, 3.63) is 83.3 Å². The minimum atomic E-state index is -0.339. The summed E-state index contributed by atoms with van der Waals surface area (Å²) in [4.78, 5) is 23.2. The van der Waals surface area contributed by atoms with E-state index in [4.69, 9.17) is 15.9 Å². The normalized spacial score (nSPS) is 13.2. The van der Waals surface area contributed by atoms with Gasteiger partial charge in [-0.15, -0.1) is 0 Å². The molecule has 8 nitrogen and oxygen atoms in total. The van der Waals surface area contributed by atoms with Crippen LogP contribution in [-0.4, -0.2) is 34.6 Å². The molecule has 0 aliphatic rings. The van der Waals surface area contributed by atoms with Gasteiger partial charge in [0.25, 0.3) is 5.91 Å². The highest BCUT2D eigenvalue weighted by Gasteiger charge is 2.19. The van der Waals surface area contributed by atoms with E-state index in [2.05, 4.69) is 23.8 Å². The van der Waals surface area contributed by atoms with Crippen molar-refractivity contribution in [1.82, 2.24) is 4.90 Å². The van der Waals surface area contributed by atoms with Crippen LogP contribution in [0.15, 0.2) is 75.3 Å². The molecule has 0 bridgehead atoms. The number of aliphatic imine (C=N–C) groups is 2. The molecule has 2 aromatic carbocycles. The highest BCUT2D eigenvalue weighted by Crippen LogP contribution is 2.31. The number of benzene rings is 2. The van der Waals surface area contributed by atoms with E-state index in [-0.39, 0.29) is 40.6 Å². The van der Waals surface area contributed by atoms with E-state index in [9.17, 15) is 9.90 Å². The molecule has 8 heteroatoms. The van der Waals surface area contributed by atoms with Crippen LogP contribution < -0.4 is 11.5 Å². The molecule has 3 rings (SSSR count). The number of phenolic OH excluding ortho intramolecular Hbond substituents is 1. The molecule has 0 radical (unpaired) electrons. The maximum atomic E-state index is 13.0. The first-order valence-electron chi connectivity index (χ1n) is 11.6. The number of furan rings is 1. The fourth-order valence-electron chi connectivity index (χ4n) is 3.55. The SMILES string of the molecule is CC[C@@H](N=C(N)C(N)=Nc1cccc(C(=O)N(C)Cc2ccccc2)c1O)c1cc(C(C)C)co1. The van der Waals surface area contributed by atoms with Crippen molar-refractivity contribution < 1.29 is 14.3 Å². The predicted molar refractivity (Wildman–Crippen MR) is 139 cm³/mol. The van der Waals surface area contributed by atoms with Gasteiger partial charge in [0.05, 0.1) is 11.8 Å². The number of amidine groups is 2. The van der Waals surface area contributed by atoms with Crippen LogP contribution >= 0.6 is 0 Å². The molecular weight excluding hydrogens is 442 g/mol. The van der Waals surface area contributed by atoms with E-state index in [1.807, 2.05) is 43.3 Å². The van der Waals surface area contributed by atoms with E-state index < -0.39 is 0 Å². The predicted octanol–water partition coefficient (Wildman–Crippen LogP) is 4.88. The van der Waals surface area contributed by atoms with Gasteiger partial charge in [-0.1, -0.05) is 57.2 Å². The standard InChI is InChI=1S/C27H33N5O3/c1-5-21(23-14-19(16-35-23)17(2)3)30-25(28)26(29)31-22-13-9-12-20(24(22)33)27(34)32(4)15-18-10-7-6-8-11-18/h6-14,16-17,21,33H,5,15H2,1-4H3,(H2,28,30)(H2,29,31)/t21-/m1/s1. The number of amides is 1. The Bertz CT molecular complexity index is 1210. The number of nitrogens with two attached hydrogens (primary N) is 2. The van der Waals surface area contributed by atoms with Crippen molar-refractivity contribution in [2.75, 3.05) is 7.05 Å². The summed E-state index contributed by atoms with van der Waals surface area (Å²) in [5.74, 6) is 0.390. The molecule has 1 aromatic heterocycles. The molecule has 184 valence electrons. The van der Waals surface area contributed by atoms with Gasteiger partial charge in [-0.3, -0.25) is 9.79 Å². The number of phenols is 1. The molecule has 5 N–H and O–H groups in total. The topological polar surface area (TPSA) is 130 Å². The summed E-state index contributed by atoms with van der Waals surface area (Å²) in [5.41, 5.74) is 14.5. The maximum absolute atomic E-state index is 13.0. The summed E-state index contributed by atoms with van der Waals surface area (Å²) < 4.78 is 5.68. The number of hydrogen-bond acceptors (Lipinski definition) is 5. The van der Waals surface area contributed by atoms with Crippen molar-refractivity contribution in [2.45, 2.75) is 45.7 Å². The molecule has 3 aromatic rings. The summed E-state index contributed by atoms with van der Waals surface area (Å²) in [6.45, 7) is 6.54. The first kappa shape index (κ1) is 25.6. The molecule has 1 amide bonds. The lowest BCUT2D eigenvalue weighted by Crippen LogP contribution is -2.31. The molecule has 1 heterocycles. The summed E-state index contributed by atoms with van der Waals surface area (Å²) in [6.07, 6.45) is 2.38. The van der Waals surface area contributed by atoms with Crippen LogP contribution in [-0.2, 0) is 6.54 Å². The van der Waals surface area contributed by atoms with Crippen molar-refractivity contribution in [3.63, 3.8) is 0 Å².